The van der Waals surface area contributed by atoms with E-state index in [1.54, 1.807) is 31.4 Å². The van der Waals surface area contributed by atoms with Crippen LogP contribution in [-0.2, 0) is 9.59 Å². The SMILES string of the molecule is CCC(NC(=O)/C=C/c1ccc(OCC(N)=O)c(OC)c1)c1ccc(OC)cc1. The van der Waals surface area contributed by atoms with Crippen LogP contribution in [0.5, 0.6) is 17.2 Å². The molecule has 3 N–H and O–H groups in total. The maximum absolute atomic E-state index is 12.4. The van der Waals surface area contributed by atoms with Gasteiger partial charge in [-0.25, -0.2) is 0 Å². The van der Waals surface area contributed by atoms with Gasteiger partial charge in [-0.2, -0.15) is 0 Å². The fourth-order valence-electron chi connectivity index (χ4n) is 2.71. The quantitative estimate of drug-likeness (QED) is 0.600. The summed E-state index contributed by atoms with van der Waals surface area (Å²) >= 11 is 0. The van der Waals surface area contributed by atoms with Gasteiger partial charge in [0, 0.05) is 6.08 Å². The Morgan fingerprint density at radius 3 is 2.38 bits per heavy atom. The Labute approximate surface area is 170 Å². The molecule has 0 radical (unpaired) electrons. The van der Waals surface area contributed by atoms with E-state index in [9.17, 15) is 9.59 Å². The zero-order valence-corrected chi connectivity index (χ0v) is 16.8. The highest BCUT2D eigenvalue weighted by atomic mass is 16.5. The van der Waals surface area contributed by atoms with E-state index in [1.807, 2.05) is 31.2 Å². The number of benzene rings is 2. The Hall–Kier alpha value is -3.48. The van der Waals surface area contributed by atoms with Crippen LogP contribution in [-0.4, -0.2) is 32.6 Å². The standard InChI is InChI=1S/C22H26N2O5/c1-4-18(16-7-9-17(27-2)10-8-16)24-22(26)12-6-15-5-11-19(20(13-15)28-3)29-14-21(23)25/h5-13,18H,4,14H2,1-3H3,(H2,23,25)(H,24,26)/b12-6+. The lowest BCUT2D eigenvalue weighted by Crippen LogP contribution is -2.26. The van der Waals surface area contributed by atoms with Gasteiger partial charge < -0.3 is 25.3 Å². The molecule has 0 saturated carbocycles. The van der Waals surface area contributed by atoms with Gasteiger partial charge in [0.05, 0.1) is 20.3 Å². The second-order valence-electron chi connectivity index (χ2n) is 6.24. The fraction of sp³-hybridized carbons (Fsp3) is 0.273. The Morgan fingerprint density at radius 1 is 1.07 bits per heavy atom. The van der Waals surface area contributed by atoms with Gasteiger partial charge in [0.25, 0.3) is 5.91 Å². The van der Waals surface area contributed by atoms with Crippen LogP contribution >= 0.6 is 0 Å². The predicted octanol–water partition coefficient (Wildman–Crippen LogP) is 2.85. The molecule has 0 bridgehead atoms. The molecule has 0 spiro atoms. The van der Waals surface area contributed by atoms with Crippen molar-refractivity contribution < 1.29 is 23.8 Å². The number of methoxy groups -OCH3 is 2. The zero-order valence-electron chi connectivity index (χ0n) is 16.8. The van der Waals surface area contributed by atoms with Gasteiger partial charge >= 0.3 is 0 Å². The van der Waals surface area contributed by atoms with Crippen molar-refractivity contribution in [1.82, 2.24) is 5.32 Å². The summed E-state index contributed by atoms with van der Waals surface area (Å²) < 4.78 is 15.7. The summed E-state index contributed by atoms with van der Waals surface area (Å²) in [6.07, 6.45) is 3.90. The summed E-state index contributed by atoms with van der Waals surface area (Å²) in [6, 6.07) is 12.6. The molecule has 2 aromatic carbocycles. The average Bonchev–Trinajstić information content (AvgIpc) is 2.74. The first-order valence-corrected chi connectivity index (χ1v) is 9.18. The molecule has 2 amide bonds. The summed E-state index contributed by atoms with van der Waals surface area (Å²) in [7, 11) is 3.11. The molecule has 0 aromatic heterocycles. The average molecular weight is 398 g/mol. The molecule has 0 fully saturated rings. The number of primary amides is 1. The van der Waals surface area contributed by atoms with Crippen LogP contribution in [0.15, 0.2) is 48.5 Å². The van der Waals surface area contributed by atoms with Gasteiger partial charge in [-0.1, -0.05) is 25.1 Å². The number of nitrogens with one attached hydrogen (secondary N) is 1. The summed E-state index contributed by atoms with van der Waals surface area (Å²) in [5.41, 5.74) is 6.84. The zero-order chi connectivity index (χ0) is 21.2. The summed E-state index contributed by atoms with van der Waals surface area (Å²) in [4.78, 5) is 23.2. The van der Waals surface area contributed by atoms with Crippen LogP contribution in [0.1, 0.15) is 30.5 Å². The number of carbonyl (C=O) groups is 2. The largest absolute Gasteiger partial charge is 0.497 e. The smallest absolute Gasteiger partial charge is 0.255 e. The summed E-state index contributed by atoms with van der Waals surface area (Å²) in [5, 5.41) is 2.99. The van der Waals surface area contributed by atoms with Crippen LogP contribution < -0.4 is 25.3 Å². The lowest BCUT2D eigenvalue weighted by Gasteiger charge is -2.16. The minimum atomic E-state index is -0.574. The first-order chi connectivity index (χ1) is 14.0. The van der Waals surface area contributed by atoms with E-state index in [0.717, 1.165) is 23.3 Å². The molecule has 0 saturated heterocycles. The highest BCUT2D eigenvalue weighted by molar-refractivity contribution is 5.92. The topological polar surface area (TPSA) is 99.9 Å². The molecule has 1 unspecified atom stereocenters. The molecule has 7 heteroatoms. The number of carbonyl (C=O) groups excluding carboxylic acids is 2. The van der Waals surface area contributed by atoms with E-state index >= 15 is 0 Å². The van der Waals surface area contributed by atoms with Gasteiger partial charge in [-0.15, -0.1) is 0 Å². The first-order valence-electron chi connectivity index (χ1n) is 9.18. The van der Waals surface area contributed by atoms with Crippen molar-refractivity contribution in [2.75, 3.05) is 20.8 Å². The van der Waals surface area contributed by atoms with Crippen molar-refractivity contribution in [2.24, 2.45) is 5.73 Å². The summed E-state index contributed by atoms with van der Waals surface area (Å²) in [5.74, 6) is 0.833. The van der Waals surface area contributed by atoms with E-state index < -0.39 is 5.91 Å². The molecule has 154 valence electrons. The van der Waals surface area contributed by atoms with Gasteiger partial charge in [0.15, 0.2) is 18.1 Å². The third kappa shape index (κ3) is 6.57. The molecule has 0 aliphatic heterocycles. The van der Waals surface area contributed by atoms with E-state index in [1.165, 1.54) is 13.2 Å². The normalized spacial score (nSPS) is 11.7. The molecule has 0 heterocycles. The minimum absolute atomic E-state index is 0.0998. The van der Waals surface area contributed by atoms with Gasteiger partial charge in [0.1, 0.15) is 5.75 Å². The molecular weight excluding hydrogens is 372 g/mol. The molecule has 2 aromatic rings. The van der Waals surface area contributed by atoms with Crippen LogP contribution in [0.4, 0.5) is 0 Å². The first kappa shape index (κ1) is 21.8. The van der Waals surface area contributed by atoms with Crippen LogP contribution in [0.2, 0.25) is 0 Å². The Kier molecular flexibility index (Phi) is 8.09. The number of nitrogens with two attached hydrogens (primary N) is 1. The van der Waals surface area contributed by atoms with Gasteiger partial charge in [-0.3, -0.25) is 9.59 Å². The van der Waals surface area contributed by atoms with Crippen LogP contribution in [0, 0.1) is 0 Å². The fourth-order valence-corrected chi connectivity index (χ4v) is 2.71. The number of hydrogen-bond acceptors (Lipinski definition) is 5. The highest BCUT2D eigenvalue weighted by Crippen LogP contribution is 2.28. The third-order valence-corrected chi connectivity index (χ3v) is 4.23. The third-order valence-electron chi connectivity index (χ3n) is 4.23. The van der Waals surface area contributed by atoms with Crippen molar-refractivity contribution in [2.45, 2.75) is 19.4 Å². The molecular formula is C22H26N2O5. The van der Waals surface area contributed by atoms with Crippen LogP contribution in [0.25, 0.3) is 6.08 Å². The highest BCUT2D eigenvalue weighted by Gasteiger charge is 2.11. The monoisotopic (exact) mass is 398 g/mol. The number of rotatable bonds is 10. The second-order valence-corrected chi connectivity index (χ2v) is 6.24. The number of hydrogen-bond donors (Lipinski definition) is 2. The minimum Gasteiger partial charge on any atom is -0.497 e. The van der Waals surface area contributed by atoms with Crippen molar-refractivity contribution >= 4 is 17.9 Å². The number of ether oxygens (including phenoxy) is 3. The maximum atomic E-state index is 12.4. The lowest BCUT2D eigenvalue weighted by molar-refractivity contribution is -0.120. The van der Waals surface area contributed by atoms with Crippen LogP contribution in [0.3, 0.4) is 0 Å². The van der Waals surface area contributed by atoms with Crippen molar-refractivity contribution in [1.29, 1.82) is 0 Å². The number of amides is 2. The van der Waals surface area contributed by atoms with Crippen molar-refractivity contribution in [3.63, 3.8) is 0 Å². The van der Waals surface area contributed by atoms with E-state index in [2.05, 4.69) is 5.32 Å². The van der Waals surface area contributed by atoms with E-state index in [0.29, 0.717) is 11.5 Å². The molecule has 29 heavy (non-hydrogen) atoms. The molecule has 1 atom stereocenters. The molecule has 7 nitrogen and oxygen atoms in total. The van der Waals surface area contributed by atoms with Crippen molar-refractivity contribution in [3.8, 4) is 17.2 Å². The Balaban J connectivity index is 2.03. The summed E-state index contributed by atoms with van der Waals surface area (Å²) in [6.45, 7) is 1.77. The maximum Gasteiger partial charge on any atom is 0.255 e. The van der Waals surface area contributed by atoms with E-state index in [-0.39, 0.29) is 18.6 Å². The van der Waals surface area contributed by atoms with E-state index in [4.69, 9.17) is 19.9 Å². The lowest BCUT2D eigenvalue weighted by atomic mass is 10.0. The molecule has 2 rings (SSSR count). The Morgan fingerprint density at radius 2 is 1.79 bits per heavy atom. The Bertz CT molecular complexity index is 862. The second kappa shape index (κ2) is 10.8. The van der Waals surface area contributed by atoms with Gasteiger partial charge in [0.2, 0.25) is 5.91 Å². The van der Waals surface area contributed by atoms with Crippen molar-refractivity contribution in [3.05, 3.63) is 59.7 Å². The molecule has 0 aliphatic rings. The predicted molar refractivity (Wildman–Crippen MR) is 111 cm³/mol. The van der Waals surface area contributed by atoms with Gasteiger partial charge in [-0.05, 0) is 47.9 Å². The molecule has 0 aliphatic carbocycles.